The standard InChI is InChI=1S/C15H29BrN4O3SSi/c1-24(21,22)20-7-5-19(6-8-20)15-12-18(11-14(16)17-15)13-23-9-10-25(2,3)4/h11H,5-10,12-13H2,1-4H3. The average molecular weight is 453 g/mol. The molecule has 144 valence electrons. The van der Waals surface area contributed by atoms with Crippen LogP contribution in [0.15, 0.2) is 15.8 Å². The molecule has 0 radical (unpaired) electrons. The zero-order valence-corrected chi connectivity index (χ0v) is 18.9. The van der Waals surface area contributed by atoms with E-state index in [0.29, 0.717) is 39.5 Å². The van der Waals surface area contributed by atoms with Crippen LogP contribution in [0.5, 0.6) is 0 Å². The lowest BCUT2D eigenvalue weighted by molar-refractivity contribution is 0.0670. The van der Waals surface area contributed by atoms with Crippen LogP contribution in [0.4, 0.5) is 0 Å². The minimum atomic E-state index is -3.11. The van der Waals surface area contributed by atoms with Crippen molar-refractivity contribution in [1.29, 1.82) is 0 Å². The number of piperazine rings is 1. The van der Waals surface area contributed by atoms with Gasteiger partial charge in [-0.3, -0.25) is 0 Å². The molecule has 2 heterocycles. The van der Waals surface area contributed by atoms with Crippen molar-refractivity contribution < 1.29 is 13.2 Å². The molecule has 10 heteroatoms. The molecule has 0 aromatic rings. The molecule has 0 unspecified atom stereocenters. The molecule has 0 N–H and O–H groups in total. The minimum absolute atomic E-state index is 0.506. The lowest BCUT2D eigenvalue weighted by Gasteiger charge is -2.37. The lowest BCUT2D eigenvalue weighted by Crippen LogP contribution is -2.52. The second-order valence-electron chi connectivity index (χ2n) is 7.72. The largest absolute Gasteiger partial charge is 0.361 e. The smallest absolute Gasteiger partial charge is 0.211 e. The van der Waals surface area contributed by atoms with E-state index >= 15 is 0 Å². The Morgan fingerprint density at radius 1 is 1.24 bits per heavy atom. The Hall–Kier alpha value is -0.423. The lowest BCUT2D eigenvalue weighted by atomic mass is 10.3. The number of hydrogen-bond acceptors (Lipinski definition) is 6. The molecule has 1 saturated heterocycles. The molecule has 0 aromatic carbocycles. The molecular formula is C15H29BrN4O3SSi. The summed E-state index contributed by atoms with van der Waals surface area (Å²) in [5.74, 6) is 0.955. The van der Waals surface area contributed by atoms with Gasteiger partial charge in [0.25, 0.3) is 0 Å². The van der Waals surface area contributed by atoms with Crippen LogP contribution in [0, 0.1) is 0 Å². The first kappa shape index (κ1) is 20.9. The van der Waals surface area contributed by atoms with E-state index in [1.807, 2.05) is 6.20 Å². The fourth-order valence-electron chi connectivity index (χ4n) is 2.66. The summed E-state index contributed by atoms with van der Waals surface area (Å²) < 4.78 is 31.4. The molecule has 0 bridgehead atoms. The van der Waals surface area contributed by atoms with E-state index in [1.165, 1.54) is 10.6 Å². The van der Waals surface area contributed by atoms with Crippen LogP contribution in [0.25, 0.3) is 0 Å². The first-order valence-electron chi connectivity index (χ1n) is 8.51. The van der Waals surface area contributed by atoms with Crippen LogP contribution in [0.2, 0.25) is 25.7 Å². The molecule has 1 fully saturated rings. The first-order chi connectivity index (χ1) is 11.5. The van der Waals surface area contributed by atoms with E-state index in [2.05, 4.69) is 50.4 Å². The van der Waals surface area contributed by atoms with Gasteiger partial charge < -0.3 is 14.5 Å². The van der Waals surface area contributed by atoms with Crippen molar-refractivity contribution in [3.8, 4) is 0 Å². The minimum Gasteiger partial charge on any atom is -0.361 e. The molecule has 0 saturated carbocycles. The molecule has 2 rings (SSSR count). The molecule has 2 aliphatic heterocycles. The number of hydrogen-bond donors (Lipinski definition) is 0. The highest BCUT2D eigenvalue weighted by Crippen LogP contribution is 2.18. The quantitative estimate of drug-likeness (QED) is 0.349. The van der Waals surface area contributed by atoms with E-state index in [4.69, 9.17) is 4.74 Å². The summed E-state index contributed by atoms with van der Waals surface area (Å²) in [6.45, 7) is 11.4. The van der Waals surface area contributed by atoms with Crippen LogP contribution in [0.1, 0.15) is 0 Å². The molecule has 0 aromatic heterocycles. The number of halogens is 1. The summed E-state index contributed by atoms with van der Waals surface area (Å²) in [7, 11) is -4.18. The summed E-state index contributed by atoms with van der Waals surface area (Å²) in [5.41, 5.74) is 0. The maximum Gasteiger partial charge on any atom is 0.211 e. The van der Waals surface area contributed by atoms with Crippen molar-refractivity contribution in [2.75, 3.05) is 52.3 Å². The Balaban J connectivity index is 1.84. The van der Waals surface area contributed by atoms with E-state index in [1.54, 1.807) is 0 Å². The third kappa shape index (κ3) is 7.01. The van der Waals surface area contributed by atoms with Gasteiger partial charge in [0.15, 0.2) is 0 Å². The normalized spacial score (nSPS) is 20.5. The van der Waals surface area contributed by atoms with E-state index in [-0.39, 0.29) is 0 Å². The number of aliphatic imine (C=N–C) groups is 1. The van der Waals surface area contributed by atoms with Crippen molar-refractivity contribution in [1.82, 2.24) is 14.1 Å². The number of amidine groups is 1. The van der Waals surface area contributed by atoms with Gasteiger partial charge >= 0.3 is 0 Å². The Morgan fingerprint density at radius 2 is 1.88 bits per heavy atom. The van der Waals surface area contributed by atoms with Gasteiger partial charge in [-0.25, -0.2) is 13.4 Å². The van der Waals surface area contributed by atoms with Crippen LogP contribution in [0.3, 0.4) is 0 Å². The zero-order chi connectivity index (χ0) is 18.7. The van der Waals surface area contributed by atoms with Gasteiger partial charge in [0.05, 0.1) is 12.8 Å². The average Bonchev–Trinajstić information content (AvgIpc) is 2.49. The summed E-state index contributed by atoms with van der Waals surface area (Å²) in [4.78, 5) is 8.83. The molecular weight excluding hydrogens is 424 g/mol. The van der Waals surface area contributed by atoms with E-state index in [0.717, 1.165) is 23.1 Å². The van der Waals surface area contributed by atoms with E-state index in [9.17, 15) is 8.42 Å². The monoisotopic (exact) mass is 452 g/mol. The van der Waals surface area contributed by atoms with Crippen LogP contribution >= 0.6 is 15.9 Å². The highest BCUT2D eigenvalue weighted by molar-refractivity contribution is 9.11. The Labute approximate surface area is 160 Å². The third-order valence-electron chi connectivity index (χ3n) is 4.20. The highest BCUT2D eigenvalue weighted by Gasteiger charge is 2.27. The Bertz CT molecular complexity index is 625. The van der Waals surface area contributed by atoms with Crippen molar-refractivity contribution in [2.24, 2.45) is 4.99 Å². The molecule has 0 spiro atoms. The van der Waals surface area contributed by atoms with Gasteiger partial charge in [0.2, 0.25) is 10.0 Å². The van der Waals surface area contributed by atoms with Gasteiger partial charge in [-0.1, -0.05) is 19.6 Å². The number of rotatable bonds is 6. The molecule has 2 aliphatic rings. The van der Waals surface area contributed by atoms with Gasteiger partial charge in [0, 0.05) is 47.1 Å². The predicted octanol–water partition coefficient (Wildman–Crippen LogP) is 1.78. The van der Waals surface area contributed by atoms with Gasteiger partial charge in [-0.15, -0.1) is 0 Å². The fraction of sp³-hybridized carbons (Fsp3) is 0.800. The zero-order valence-electron chi connectivity index (χ0n) is 15.5. The van der Waals surface area contributed by atoms with Crippen molar-refractivity contribution in [2.45, 2.75) is 25.7 Å². The SMILES string of the molecule is C[Si](C)(C)CCOCN1C=C(Br)N=C(N2CCN(S(C)(=O)=O)CC2)C1. The highest BCUT2D eigenvalue weighted by atomic mass is 79.9. The first-order valence-corrected chi connectivity index (χ1v) is 14.9. The Morgan fingerprint density at radius 3 is 2.44 bits per heavy atom. The molecule has 0 atom stereocenters. The maximum atomic E-state index is 11.6. The Kier molecular flexibility index (Phi) is 7.11. The van der Waals surface area contributed by atoms with Gasteiger partial charge in [0.1, 0.15) is 17.2 Å². The molecule has 0 aliphatic carbocycles. The summed E-state index contributed by atoms with van der Waals surface area (Å²) in [6, 6.07) is 1.15. The second kappa shape index (κ2) is 8.51. The van der Waals surface area contributed by atoms with E-state index < -0.39 is 18.1 Å². The number of ether oxygens (including phenoxy) is 1. The predicted molar refractivity (Wildman–Crippen MR) is 108 cm³/mol. The van der Waals surface area contributed by atoms with Crippen molar-refractivity contribution in [3.63, 3.8) is 0 Å². The van der Waals surface area contributed by atoms with Crippen LogP contribution in [-0.2, 0) is 14.8 Å². The summed E-state index contributed by atoms with van der Waals surface area (Å²) in [5, 5.41) is 0. The second-order valence-corrected chi connectivity index (χ2v) is 16.1. The third-order valence-corrected chi connectivity index (χ3v) is 7.59. The van der Waals surface area contributed by atoms with Gasteiger partial charge in [-0.05, 0) is 22.0 Å². The van der Waals surface area contributed by atoms with Crippen molar-refractivity contribution >= 4 is 39.9 Å². The molecule has 25 heavy (non-hydrogen) atoms. The number of nitrogens with zero attached hydrogens (tertiary/aromatic N) is 4. The topological polar surface area (TPSA) is 65.5 Å². The maximum absolute atomic E-state index is 11.6. The van der Waals surface area contributed by atoms with Crippen molar-refractivity contribution in [3.05, 3.63) is 10.8 Å². The fourth-order valence-corrected chi connectivity index (χ4v) is 4.73. The van der Waals surface area contributed by atoms with Crippen LogP contribution < -0.4 is 0 Å². The molecule has 0 amide bonds. The van der Waals surface area contributed by atoms with Crippen LogP contribution in [-0.4, -0.2) is 88.7 Å². The summed E-state index contributed by atoms with van der Waals surface area (Å²) >= 11 is 3.47. The summed E-state index contributed by atoms with van der Waals surface area (Å²) in [6.07, 6.45) is 3.21. The number of sulfonamides is 1. The molecule has 7 nitrogen and oxygen atoms in total. The van der Waals surface area contributed by atoms with Gasteiger partial charge in [-0.2, -0.15) is 4.31 Å².